The monoisotopic (exact) mass is 688 g/mol. The first-order chi connectivity index (χ1) is 22.8. The van der Waals surface area contributed by atoms with Gasteiger partial charge in [0, 0.05) is 67.8 Å². The summed E-state index contributed by atoms with van der Waals surface area (Å²) in [6.07, 6.45) is -3.87. The van der Waals surface area contributed by atoms with E-state index in [0.29, 0.717) is 25.9 Å². The maximum Gasteiger partial charge on any atom is 0.417 e. The molecule has 15 heteroatoms. The first-order valence-corrected chi connectivity index (χ1v) is 16.4. The quantitative estimate of drug-likeness (QED) is 0.209. The molecule has 3 saturated heterocycles. The average Bonchev–Trinajstić information content (AvgIpc) is 3.83. The summed E-state index contributed by atoms with van der Waals surface area (Å²) in [6.45, 7) is 3.09. The Balaban J connectivity index is 1.43. The van der Waals surface area contributed by atoms with Crippen molar-refractivity contribution in [3.63, 3.8) is 0 Å². The molecule has 2 aromatic carbocycles. The second-order valence-electron chi connectivity index (χ2n) is 12.8. The first kappa shape index (κ1) is 32.4. The molecule has 4 aromatic rings. The molecule has 3 fully saturated rings. The summed E-state index contributed by atoms with van der Waals surface area (Å²) in [4.78, 5) is 26.1. The van der Waals surface area contributed by atoms with Crippen LogP contribution in [-0.2, 0) is 11.0 Å². The minimum absolute atomic E-state index is 0.00223. The smallest absolute Gasteiger partial charge is 0.417 e. The number of ether oxygens (including phenoxy) is 1. The van der Waals surface area contributed by atoms with Crippen molar-refractivity contribution >= 4 is 44.1 Å². The third-order valence-corrected chi connectivity index (χ3v) is 11.0. The third kappa shape index (κ3) is 5.29. The van der Waals surface area contributed by atoms with Gasteiger partial charge in [0.1, 0.15) is 36.0 Å². The van der Waals surface area contributed by atoms with Crippen LogP contribution in [0.2, 0.25) is 0 Å². The van der Waals surface area contributed by atoms with Gasteiger partial charge in [0.05, 0.1) is 21.4 Å². The fourth-order valence-electron chi connectivity index (χ4n) is 7.58. The Morgan fingerprint density at radius 1 is 1.23 bits per heavy atom. The number of anilines is 1. The lowest BCUT2D eigenvalue weighted by Crippen LogP contribution is -2.43. The number of rotatable bonds is 6. The topological polar surface area (TPSA) is 85.6 Å². The summed E-state index contributed by atoms with van der Waals surface area (Å²) in [5.41, 5.74) is -3.70. The lowest BCUT2D eigenvalue weighted by Gasteiger charge is -2.31. The van der Waals surface area contributed by atoms with Gasteiger partial charge in [0.25, 0.3) is 0 Å². The highest BCUT2D eigenvalue weighted by Crippen LogP contribution is 2.47. The molecule has 252 valence electrons. The van der Waals surface area contributed by atoms with E-state index in [0.717, 1.165) is 36.0 Å². The molecule has 2 aromatic heterocycles. The number of halogens is 6. The normalized spacial score (nSPS) is 22.9. The van der Waals surface area contributed by atoms with Crippen LogP contribution in [0.25, 0.3) is 32.1 Å². The molecule has 3 aliphatic rings. The zero-order valence-corrected chi connectivity index (χ0v) is 26.8. The fourth-order valence-corrected chi connectivity index (χ4v) is 8.51. The molecular weight excluding hydrogens is 658 g/mol. The van der Waals surface area contributed by atoms with Crippen molar-refractivity contribution in [3.05, 3.63) is 46.3 Å². The van der Waals surface area contributed by atoms with Crippen LogP contribution in [0.3, 0.4) is 0 Å². The minimum atomic E-state index is -5.08. The number of carbonyl (C=O) groups is 1. The Hall–Kier alpha value is -4.16. The zero-order chi connectivity index (χ0) is 34.1. The van der Waals surface area contributed by atoms with Crippen molar-refractivity contribution in [2.24, 2.45) is 0 Å². The lowest BCUT2D eigenvalue weighted by atomic mass is 9.92. The summed E-state index contributed by atoms with van der Waals surface area (Å²) in [5, 5.41) is 10.6. The van der Waals surface area contributed by atoms with Crippen LogP contribution in [0.5, 0.6) is 6.01 Å². The molecule has 3 atom stereocenters. The molecular formula is C33H30F6N6O2S. The lowest BCUT2D eigenvalue weighted by molar-refractivity contribution is -0.137. The predicted octanol–water partition coefficient (Wildman–Crippen LogP) is 6.69. The number of benzene rings is 2. The number of hydrogen-bond acceptors (Lipinski definition) is 8. The number of aromatic nitrogens is 2. The predicted molar refractivity (Wildman–Crippen MR) is 168 cm³/mol. The summed E-state index contributed by atoms with van der Waals surface area (Å²) >= 11 is 0.835. The van der Waals surface area contributed by atoms with Gasteiger partial charge in [-0.05, 0) is 43.5 Å². The van der Waals surface area contributed by atoms with Crippen LogP contribution in [0, 0.1) is 23.0 Å². The first-order valence-electron chi connectivity index (χ1n) is 15.5. The number of fused-ring (bicyclic) bond motifs is 3. The van der Waals surface area contributed by atoms with Crippen molar-refractivity contribution in [1.29, 1.82) is 5.26 Å². The minimum Gasteiger partial charge on any atom is -0.461 e. The Bertz CT molecular complexity index is 2000. The standard InChI is InChI=1S/C33H30F6N6O2S/c1-17(46)44-9-6-20(14-44)43(2)30-22-10-23(33(37,38)39)26(21-4-5-24(35)29-25(21)18(12-40)15-48-29)27(36)28(22)41-31(42-30)47-16-32-7-3-8-45(32)13-19(34)11-32/h4-5,10,15,19-20H,3,6-9,11,13-14,16H2,1-2H3. The second kappa shape index (κ2) is 11.8. The maximum atomic E-state index is 16.9. The molecule has 0 radical (unpaired) electrons. The van der Waals surface area contributed by atoms with Gasteiger partial charge >= 0.3 is 12.2 Å². The van der Waals surface area contributed by atoms with E-state index in [-0.39, 0.29) is 76.5 Å². The highest BCUT2D eigenvalue weighted by molar-refractivity contribution is 7.17. The van der Waals surface area contributed by atoms with E-state index in [1.165, 1.54) is 12.3 Å². The number of nitrogens with zero attached hydrogens (tertiary/aromatic N) is 6. The zero-order valence-electron chi connectivity index (χ0n) is 26.0. The van der Waals surface area contributed by atoms with Crippen molar-refractivity contribution in [1.82, 2.24) is 19.8 Å². The van der Waals surface area contributed by atoms with Crippen LogP contribution in [0.4, 0.5) is 32.2 Å². The van der Waals surface area contributed by atoms with Crippen molar-refractivity contribution < 1.29 is 35.9 Å². The van der Waals surface area contributed by atoms with Gasteiger partial charge in [-0.25, -0.2) is 13.2 Å². The van der Waals surface area contributed by atoms with Gasteiger partial charge in [-0.3, -0.25) is 9.69 Å². The number of likely N-dealkylation sites (N-methyl/N-ethyl adjacent to an activating group) is 1. The molecule has 3 aliphatic heterocycles. The number of thiophene rings is 1. The van der Waals surface area contributed by atoms with Crippen LogP contribution < -0.4 is 9.64 Å². The molecule has 7 rings (SSSR count). The van der Waals surface area contributed by atoms with Gasteiger partial charge < -0.3 is 14.5 Å². The Morgan fingerprint density at radius 3 is 2.73 bits per heavy atom. The average molecular weight is 689 g/mol. The van der Waals surface area contributed by atoms with Crippen LogP contribution in [-0.4, -0.2) is 83.3 Å². The highest BCUT2D eigenvalue weighted by atomic mass is 32.1. The number of alkyl halides is 4. The molecule has 5 heterocycles. The highest BCUT2D eigenvalue weighted by Gasteiger charge is 2.49. The van der Waals surface area contributed by atoms with Gasteiger partial charge in [-0.2, -0.15) is 28.4 Å². The molecule has 48 heavy (non-hydrogen) atoms. The molecule has 0 aliphatic carbocycles. The molecule has 0 N–H and O–H groups in total. The number of likely N-dealkylation sites (tertiary alicyclic amines) is 1. The number of nitriles is 1. The molecule has 8 nitrogen and oxygen atoms in total. The molecule has 3 unspecified atom stereocenters. The number of carbonyl (C=O) groups excluding carboxylic acids is 1. The Kier molecular flexibility index (Phi) is 7.94. The maximum absolute atomic E-state index is 16.9. The summed E-state index contributed by atoms with van der Waals surface area (Å²) in [5.74, 6) is -2.28. The molecule has 0 spiro atoms. The van der Waals surface area contributed by atoms with Crippen molar-refractivity contribution in [2.75, 3.05) is 44.7 Å². The summed E-state index contributed by atoms with van der Waals surface area (Å²) in [7, 11) is 1.61. The van der Waals surface area contributed by atoms with Crippen molar-refractivity contribution in [3.8, 4) is 23.2 Å². The van der Waals surface area contributed by atoms with E-state index in [4.69, 9.17) is 4.74 Å². The van der Waals surface area contributed by atoms with Crippen LogP contribution in [0.15, 0.2) is 23.6 Å². The van der Waals surface area contributed by atoms with E-state index < -0.39 is 46.2 Å². The molecule has 0 bridgehead atoms. The van der Waals surface area contributed by atoms with E-state index in [1.807, 2.05) is 11.0 Å². The molecule has 1 amide bonds. The van der Waals surface area contributed by atoms with E-state index in [9.17, 15) is 32.0 Å². The summed E-state index contributed by atoms with van der Waals surface area (Å²) in [6, 6.07) is 3.97. The third-order valence-electron chi connectivity index (χ3n) is 9.98. The fraction of sp³-hybridized carbons (Fsp3) is 0.455. The largest absolute Gasteiger partial charge is 0.461 e. The summed E-state index contributed by atoms with van der Waals surface area (Å²) < 4.78 is 96.8. The van der Waals surface area contributed by atoms with E-state index in [1.54, 1.807) is 16.8 Å². The van der Waals surface area contributed by atoms with Gasteiger partial charge in [0.2, 0.25) is 5.91 Å². The Labute approximate surface area is 275 Å². The molecule has 0 saturated carbocycles. The van der Waals surface area contributed by atoms with E-state index >= 15 is 4.39 Å². The van der Waals surface area contributed by atoms with Gasteiger partial charge in [-0.15, -0.1) is 11.3 Å². The number of amides is 1. The second-order valence-corrected chi connectivity index (χ2v) is 13.7. The van der Waals surface area contributed by atoms with Gasteiger partial charge in [-0.1, -0.05) is 6.07 Å². The van der Waals surface area contributed by atoms with Crippen LogP contribution >= 0.6 is 11.3 Å². The van der Waals surface area contributed by atoms with Crippen LogP contribution in [0.1, 0.15) is 43.7 Å². The SMILES string of the molecule is CC(=O)N1CCC(N(C)c2nc(OCC34CCCN3CC(F)C4)nc3c(F)c(-c4ccc(F)c5scc(C#N)c45)c(C(F)(F)F)cc23)C1. The Morgan fingerprint density at radius 2 is 2.02 bits per heavy atom. The van der Waals surface area contributed by atoms with Crippen molar-refractivity contribution in [2.45, 2.75) is 56.5 Å². The van der Waals surface area contributed by atoms with Gasteiger partial charge in [0.15, 0.2) is 5.82 Å². The van der Waals surface area contributed by atoms with E-state index in [2.05, 4.69) is 9.97 Å². The number of hydrogen-bond donors (Lipinski definition) is 0.